The van der Waals surface area contributed by atoms with Gasteiger partial charge in [-0.15, -0.1) is 11.6 Å². The van der Waals surface area contributed by atoms with E-state index in [0.717, 1.165) is 45.1 Å². The van der Waals surface area contributed by atoms with Crippen molar-refractivity contribution in [3.63, 3.8) is 0 Å². The minimum Gasteiger partial charge on any atom is -0.300 e. The maximum absolute atomic E-state index is 5.74. The van der Waals surface area contributed by atoms with Crippen molar-refractivity contribution in [1.29, 1.82) is 0 Å². The van der Waals surface area contributed by atoms with E-state index in [0.29, 0.717) is 0 Å². The molecule has 0 aromatic carbocycles. The SMILES string of the molecule is ClCCN1CCN(Cc2cccnc2)CC1. The van der Waals surface area contributed by atoms with E-state index in [1.54, 1.807) is 0 Å². The molecule has 1 aliphatic heterocycles. The summed E-state index contributed by atoms with van der Waals surface area (Å²) in [6, 6.07) is 4.14. The van der Waals surface area contributed by atoms with Crippen LogP contribution < -0.4 is 0 Å². The van der Waals surface area contributed by atoms with Gasteiger partial charge in [0.1, 0.15) is 0 Å². The van der Waals surface area contributed by atoms with Crippen molar-refractivity contribution in [1.82, 2.24) is 14.8 Å². The number of aromatic nitrogens is 1. The molecule has 1 aliphatic rings. The van der Waals surface area contributed by atoms with Crippen molar-refractivity contribution >= 4 is 11.6 Å². The topological polar surface area (TPSA) is 19.4 Å². The summed E-state index contributed by atoms with van der Waals surface area (Å²) < 4.78 is 0. The largest absolute Gasteiger partial charge is 0.300 e. The Morgan fingerprint density at radius 1 is 1.19 bits per heavy atom. The molecule has 1 aromatic rings. The Morgan fingerprint density at radius 2 is 1.94 bits per heavy atom. The summed E-state index contributed by atoms with van der Waals surface area (Å²) in [6.45, 7) is 6.56. The van der Waals surface area contributed by atoms with Crippen molar-refractivity contribution in [2.75, 3.05) is 38.6 Å². The highest BCUT2D eigenvalue weighted by atomic mass is 35.5. The zero-order valence-corrected chi connectivity index (χ0v) is 10.2. The second-order valence-electron chi connectivity index (χ2n) is 4.17. The zero-order chi connectivity index (χ0) is 11.2. The molecule has 16 heavy (non-hydrogen) atoms. The maximum atomic E-state index is 5.74. The van der Waals surface area contributed by atoms with Crippen molar-refractivity contribution < 1.29 is 0 Å². The Labute approximate surface area is 102 Å². The fraction of sp³-hybridized carbons (Fsp3) is 0.583. The first-order chi connectivity index (χ1) is 7.88. The van der Waals surface area contributed by atoms with Gasteiger partial charge < -0.3 is 0 Å². The number of pyridine rings is 1. The van der Waals surface area contributed by atoms with Crippen LogP contribution in [-0.2, 0) is 6.54 Å². The number of alkyl halides is 1. The van der Waals surface area contributed by atoms with Gasteiger partial charge in [-0.05, 0) is 11.6 Å². The molecule has 0 spiro atoms. The summed E-state index contributed by atoms with van der Waals surface area (Å²) in [7, 11) is 0. The summed E-state index contributed by atoms with van der Waals surface area (Å²) >= 11 is 5.74. The standard InChI is InChI=1S/C12H18ClN3/c13-3-5-15-6-8-16(9-7-15)11-12-2-1-4-14-10-12/h1-2,4,10H,3,5-9,11H2. The maximum Gasteiger partial charge on any atom is 0.0351 e. The van der Waals surface area contributed by atoms with Crippen molar-refractivity contribution in [3.8, 4) is 0 Å². The lowest BCUT2D eigenvalue weighted by Crippen LogP contribution is -2.46. The van der Waals surface area contributed by atoms with Crippen LogP contribution in [0.15, 0.2) is 24.5 Å². The number of nitrogens with zero attached hydrogens (tertiary/aromatic N) is 3. The Hall–Kier alpha value is -0.640. The second-order valence-corrected chi connectivity index (χ2v) is 4.55. The molecule has 1 fully saturated rings. The van der Waals surface area contributed by atoms with Gasteiger partial charge in [0.05, 0.1) is 0 Å². The fourth-order valence-corrected chi connectivity index (χ4v) is 2.28. The van der Waals surface area contributed by atoms with E-state index in [-0.39, 0.29) is 0 Å². The lowest BCUT2D eigenvalue weighted by atomic mass is 10.2. The minimum absolute atomic E-state index is 0.739. The van der Waals surface area contributed by atoms with Gasteiger partial charge in [-0.2, -0.15) is 0 Å². The number of hydrogen-bond acceptors (Lipinski definition) is 3. The van der Waals surface area contributed by atoms with Crippen LogP contribution in [0.3, 0.4) is 0 Å². The molecule has 0 N–H and O–H groups in total. The Balaban J connectivity index is 1.77. The molecule has 0 amide bonds. The molecule has 3 nitrogen and oxygen atoms in total. The monoisotopic (exact) mass is 239 g/mol. The highest BCUT2D eigenvalue weighted by molar-refractivity contribution is 6.18. The summed E-state index contributed by atoms with van der Waals surface area (Å²) in [5, 5.41) is 0. The van der Waals surface area contributed by atoms with Gasteiger partial charge in [-0.3, -0.25) is 14.8 Å². The quantitative estimate of drug-likeness (QED) is 0.742. The molecule has 0 unspecified atom stereocenters. The smallest absolute Gasteiger partial charge is 0.0351 e. The first-order valence-corrected chi connectivity index (χ1v) is 6.31. The molecule has 4 heteroatoms. The van der Waals surface area contributed by atoms with Crippen LogP contribution in [0.2, 0.25) is 0 Å². The zero-order valence-electron chi connectivity index (χ0n) is 9.48. The van der Waals surface area contributed by atoms with E-state index >= 15 is 0 Å². The van der Waals surface area contributed by atoms with Crippen molar-refractivity contribution in [3.05, 3.63) is 30.1 Å². The molecular formula is C12H18ClN3. The summed E-state index contributed by atoms with van der Waals surface area (Å²) in [4.78, 5) is 9.04. The van der Waals surface area contributed by atoms with Gasteiger partial charge in [0.15, 0.2) is 0 Å². The van der Waals surface area contributed by atoms with Crippen LogP contribution in [-0.4, -0.2) is 53.4 Å². The molecule has 0 radical (unpaired) electrons. The second kappa shape index (κ2) is 6.18. The lowest BCUT2D eigenvalue weighted by Gasteiger charge is -2.34. The van der Waals surface area contributed by atoms with E-state index in [1.807, 2.05) is 18.5 Å². The molecule has 2 rings (SSSR count). The lowest BCUT2D eigenvalue weighted by molar-refractivity contribution is 0.132. The average Bonchev–Trinajstić information content (AvgIpc) is 2.33. The van der Waals surface area contributed by atoms with Gasteiger partial charge in [0.2, 0.25) is 0 Å². The molecule has 0 aliphatic carbocycles. The van der Waals surface area contributed by atoms with E-state index in [9.17, 15) is 0 Å². The number of rotatable bonds is 4. The minimum atomic E-state index is 0.739. The van der Waals surface area contributed by atoms with Gasteiger partial charge in [-0.1, -0.05) is 6.07 Å². The van der Waals surface area contributed by atoms with Gasteiger partial charge in [-0.25, -0.2) is 0 Å². The van der Waals surface area contributed by atoms with Crippen LogP contribution in [0.1, 0.15) is 5.56 Å². The first kappa shape index (κ1) is 11.8. The molecular weight excluding hydrogens is 222 g/mol. The molecule has 88 valence electrons. The van der Waals surface area contributed by atoms with Crippen LogP contribution in [0.4, 0.5) is 0 Å². The Kier molecular flexibility index (Phi) is 4.57. The van der Waals surface area contributed by atoms with Crippen LogP contribution in [0.25, 0.3) is 0 Å². The predicted octanol–water partition coefficient (Wildman–Crippen LogP) is 1.44. The summed E-state index contributed by atoms with van der Waals surface area (Å²) in [6.07, 6.45) is 3.77. The fourth-order valence-electron chi connectivity index (χ4n) is 2.04. The van der Waals surface area contributed by atoms with Crippen molar-refractivity contribution in [2.24, 2.45) is 0 Å². The van der Waals surface area contributed by atoms with Crippen LogP contribution in [0, 0.1) is 0 Å². The predicted molar refractivity (Wildman–Crippen MR) is 66.7 cm³/mol. The summed E-state index contributed by atoms with van der Waals surface area (Å²) in [5.74, 6) is 0.739. The molecule has 0 atom stereocenters. The third-order valence-electron chi connectivity index (χ3n) is 2.99. The Bertz CT molecular complexity index is 296. The van der Waals surface area contributed by atoms with Crippen LogP contribution >= 0.6 is 11.6 Å². The summed E-state index contributed by atoms with van der Waals surface area (Å²) in [5.41, 5.74) is 1.30. The number of hydrogen-bond donors (Lipinski definition) is 0. The number of piperazine rings is 1. The van der Waals surface area contributed by atoms with Crippen LogP contribution in [0.5, 0.6) is 0 Å². The van der Waals surface area contributed by atoms with E-state index < -0.39 is 0 Å². The van der Waals surface area contributed by atoms with Gasteiger partial charge >= 0.3 is 0 Å². The molecule has 2 heterocycles. The van der Waals surface area contributed by atoms with Crippen molar-refractivity contribution in [2.45, 2.75) is 6.54 Å². The van der Waals surface area contributed by atoms with E-state index in [4.69, 9.17) is 11.6 Å². The number of halogens is 1. The van der Waals surface area contributed by atoms with Gasteiger partial charge in [0, 0.05) is 57.5 Å². The normalized spacial score (nSPS) is 18.8. The first-order valence-electron chi connectivity index (χ1n) is 5.78. The third kappa shape index (κ3) is 3.44. The third-order valence-corrected chi connectivity index (χ3v) is 3.16. The van der Waals surface area contributed by atoms with Gasteiger partial charge in [0.25, 0.3) is 0 Å². The highest BCUT2D eigenvalue weighted by Gasteiger charge is 2.15. The van der Waals surface area contributed by atoms with E-state index in [2.05, 4.69) is 20.9 Å². The Morgan fingerprint density at radius 3 is 2.56 bits per heavy atom. The molecule has 0 saturated carbocycles. The van der Waals surface area contributed by atoms with E-state index in [1.165, 1.54) is 5.56 Å². The average molecular weight is 240 g/mol. The highest BCUT2D eigenvalue weighted by Crippen LogP contribution is 2.07. The molecule has 1 saturated heterocycles. The molecule has 1 aromatic heterocycles. The molecule has 0 bridgehead atoms.